The fourth-order valence-corrected chi connectivity index (χ4v) is 3.57. The zero-order valence-corrected chi connectivity index (χ0v) is 17.9. The van der Waals surface area contributed by atoms with E-state index >= 15 is 0 Å². The number of hydrogen-bond acceptors (Lipinski definition) is 5. The normalized spacial score (nSPS) is 12.9. The van der Waals surface area contributed by atoms with Gasteiger partial charge in [0.2, 0.25) is 0 Å². The van der Waals surface area contributed by atoms with Crippen molar-refractivity contribution in [3.05, 3.63) is 58.1 Å². The Bertz CT molecular complexity index is 1010. The van der Waals surface area contributed by atoms with Gasteiger partial charge in [0.1, 0.15) is 0 Å². The first-order valence-corrected chi connectivity index (χ1v) is 9.80. The summed E-state index contributed by atoms with van der Waals surface area (Å²) in [6.07, 6.45) is 0.613. The second-order valence-corrected chi connectivity index (χ2v) is 7.47. The number of benzene rings is 2. The highest BCUT2D eigenvalue weighted by molar-refractivity contribution is 6.22. The van der Waals surface area contributed by atoms with Gasteiger partial charge in [-0.25, -0.2) is 0 Å². The maximum Gasteiger partial charge on any atom is 0.261 e. The van der Waals surface area contributed by atoms with Crippen molar-refractivity contribution in [2.75, 3.05) is 20.8 Å². The number of aryl methyl sites for hydroxylation is 1. The van der Waals surface area contributed by atoms with E-state index in [1.54, 1.807) is 40.2 Å². The molecule has 0 aromatic heterocycles. The minimum Gasteiger partial charge on any atom is -0.493 e. The van der Waals surface area contributed by atoms with Crippen LogP contribution in [0, 0.1) is 6.92 Å². The molecule has 1 aliphatic rings. The van der Waals surface area contributed by atoms with Gasteiger partial charge in [0.15, 0.2) is 11.5 Å². The molecule has 0 saturated carbocycles. The van der Waals surface area contributed by atoms with Crippen LogP contribution in [0.15, 0.2) is 30.3 Å². The molecule has 0 fully saturated rings. The van der Waals surface area contributed by atoms with E-state index in [2.05, 4.69) is 5.32 Å². The van der Waals surface area contributed by atoms with Gasteiger partial charge in [-0.1, -0.05) is 0 Å². The number of carbonyl (C=O) groups is 3. The topological polar surface area (TPSA) is 84.9 Å². The van der Waals surface area contributed by atoms with Crippen LogP contribution >= 0.6 is 0 Å². The standard InChI is InChI=1S/C23H26N2O5/c1-13(2)25-22(27)17-7-6-16(11-18(17)23(25)28)21(26)24-9-8-15-12-20(30-5)19(29-4)10-14(15)3/h6-7,10-13H,8-9H2,1-5H3,(H,24,26). The van der Waals surface area contributed by atoms with E-state index in [4.69, 9.17) is 9.47 Å². The molecule has 0 saturated heterocycles. The summed E-state index contributed by atoms with van der Waals surface area (Å²) in [4.78, 5) is 38.7. The number of methoxy groups -OCH3 is 2. The SMILES string of the molecule is COc1cc(C)c(CCNC(=O)c2ccc3c(c2)C(=O)N(C(C)C)C3=O)cc1OC. The van der Waals surface area contributed by atoms with Crippen LogP contribution in [0.1, 0.15) is 56.0 Å². The van der Waals surface area contributed by atoms with Crippen molar-refractivity contribution in [2.45, 2.75) is 33.2 Å². The summed E-state index contributed by atoms with van der Waals surface area (Å²) in [5.74, 6) is 0.331. The van der Waals surface area contributed by atoms with Gasteiger partial charge >= 0.3 is 0 Å². The summed E-state index contributed by atoms with van der Waals surface area (Å²) < 4.78 is 10.6. The Kier molecular flexibility index (Phi) is 6.10. The van der Waals surface area contributed by atoms with E-state index in [9.17, 15) is 14.4 Å². The molecule has 0 radical (unpaired) electrons. The van der Waals surface area contributed by atoms with Gasteiger partial charge in [-0.3, -0.25) is 19.3 Å². The smallest absolute Gasteiger partial charge is 0.261 e. The Hall–Kier alpha value is -3.35. The van der Waals surface area contributed by atoms with Crippen molar-refractivity contribution in [1.82, 2.24) is 10.2 Å². The summed E-state index contributed by atoms with van der Waals surface area (Å²) in [7, 11) is 3.17. The Labute approximate surface area is 176 Å². The molecule has 0 bridgehead atoms. The molecule has 7 heteroatoms. The molecule has 30 heavy (non-hydrogen) atoms. The molecule has 3 amide bonds. The Morgan fingerprint density at radius 1 is 1.00 bits per heavy atom. The van der Waals surface area contributed by atoms with E-state index in [-0.39, 0.29) is 29.3 Å². The van der Waals surface area contributed by atoms with Crippen LogP contribution in [0.4, 0.5) is 0 Å². The molecule has 0 atom stereocenters. The molecular formula is C23H26N2O5. The van der Waals surface area contributed by atoms with Crippen molar-refractivity contribution in [2.24, 2.45) is 0 Å². The third-order valence-electron chi connectivity index (χ3n) is 5.22. The summed E-state index contributed by atoms with van der Waals surface area (Å²) in [5, 5.41) is 2.87. The lowest BCUT2D eigenvalue weighted by Crippen LogP contribution is -2.35. The molecule has 158 valence electrons. The van der Waals surface area contributed by atoms with Crippen LogP contribution < -0.4 is 14.8 Å². The number of ether oxygens (including phenoxy) is 2. The lowest BCUT2D eigenvalue weighted by atomic mass is 10.0. The van der Waals surface area contributed by atoms with E-state index in [0.717, 1.165) is 11.1 Å². The lowest BCUT2D eigenvalue weighted by molar-refractivity contribution is 0.0609. The van der Waals surface area contributed by atoms with Crippen molar-refractivity contribution >= 4 is 17.7 Å². The molecular weight excluding hydrogens is 384 g/mol. The fourth-order valence-electron chi connectivity index (χ4n) is 3.57. The van der Waals surface area contributed by atoms with Crippen molar-refractivity contribution < 1.29 is 23.9 Å². The minimum absolute atomic E-state index is 0.237. The molecule has 3 rings (SSSR count). The highest BCUT2D eigenvalue weighted by Gasteiger charge is 2.37. The zero-order valence-electron chi connectivity index (χ0n) is 17.9. The average molecular weight is 410 g/mol. The zero-order chi connectivity index (χ0) is 22.0. The molecule has 2 aromatic rings. The van der Waals surface area contributed by atoms with E-state index in [1.165, 1.54) is 11.0 Å². The van der Waals surface area contributed by atoms with Gasteiger partial charge < -0.3 is 14.8 Å². The number of imide groups is 1. The molecule has 7 nitrogen and oxygen atoms in total. The maximum absolute atomic E-state index is 12.6. The lowest BCUT2D eigenvalue weighted by Gasteiger charge is -2.17. The van der Waals surface area contributed by atoms with Crippen LogP contribution in [0.5, 0.6) is 11.5 Å². The monoisotopic (exact) mass is 410 g/mol. The fraction of sp³-hybridized carbons (Fsp3) is 0.348. The van der Waals surface area contributed by atoms with Gasteiger partial charge in [0.05, 0.1) is 25.3 Å². The van der Waals surface area contributed by atoms with Crippen molar-refractivity contribution in [1.29, 1.82) is 0 Å². The number of nitrogens with zero attached hydrogens (tertiary/aromatic N) is 1. The quantitative estimate of drug-likeness (QED) is 0.710. The molecule has 2 aromatic carbocycles. The first-order valence-electron chi connectivity index (χ1n) is 9.80. The second kappa shape index (κ2) is 8.57. The Morgan fingerprint density at radius 2 is 1.63 bits per heavy atom. The number of hydrogen-bond donors (Lipinski definition) is 1. The Balaban J connectivity index is 1.69. The summed E-state index contributed by atoms with van der Waals surface area (Å²) in [6.45, 7) is 5.96. The van der Waals surface area contributed by atoms with Crippen LogP contribution in [0.25, 0.3) is 0 Å². The molecule has 0 spiro atoms. The summed E-state index contributed by atoms with van der Waals surface area (Å²) >= 11 is 0. The maximum atomic E-state index is 12.6. The van der Waals surface area contributed by atoms with Crippen molar-refractivity contribution in [3.63, 3.8) is 0 Å². The van der Waals surface area contributed by atoms with E-state index < -0.39 is 0 Å². The predicted molar refractivity (Wildman–Crippen MR) is 112 cm³/mol. The third-order valence-corrected chi connectivity index (χ3v) is 5.22. The molecule has 1 heterocycles. The van der Waals surface area contributed by atoms with Gasteiger partial charge in [0.25, 0.3) is 17.7 Å². The number of nitrogens with one attached hydrogen (secondary N) is 1. The van der Waals surface area contributed by atoms with Crippen LogP contribution in [-0.2, 0) is 6.42 Å². The van der Waals surface area contributed by atoms with E-state index in [1.807, 2.05) is 19.1 Å². The number of carbonyl (C=O) groups excluding carboxylic acids is 3. The third kappa shape index (κ3) is 3.87. The predicted octanol–water partition coefficient (Wildman–Crippen LogP) is 2.99. The number of amides is 3. The highest BCUT2D eigenvalue weighted by atomic mass is 16.5. The second-order valence-electron chi connectivity index (χ2n) is 7.47. The largest absolute Gasteiger partial charge is 0.493 e. The van der Waals surface area contributed by atoms with Gasteiger partial charge in [-0.15, -0.1) is 0 Å². The number of fused-ring (bicyclic) bond motifs is 1. The molecule has 1 aliphatic heterocycles. The summed E-state index contributed by atoms with van der Waals surface area (Å²) in [5.41, 5.74) is 3.04. The first-order chi connectivity index (χ1) is 14.3. The number of rotatable bonds is 7. The van der Waals surface area contributed by atoms with Crippen molar-refractivity contribution in [3.8, 4) is 11.5 Å². The average Bonchev–Trinajstić information content (AvgIpc) is 2.98. The Morgan fingerprint density at radius 3 is 2.27 bits per heavy atom. The molecule has 0 aliphatic carbocycles. The molecule has 1 N–H and O–H groups in total. The first kappa shape index (κ1) is 21.4. The highest BCUT2D eigenvalue weighted by Crippen LogP contribution is 2.30. The summed E-state index contributed by atoms with van der Waals surface area (Å²) in [6, 6.07) is 8.19. The van der Waals surface area contributed by atoms with Gasteiger partial charge in [0, 0.05) is 18.2 Å². The minimum atomic E-state index is -0.361. The van der Waals surface area contributed by atoms with Crippen LogP contribution in [-0.4, -0.2) is 49.4 Å². The van der Waals surface area contributed by atoms with E-state index in [0.29, 0.717) is 35.6 Å². The van der Waals surface area contributed by atoms with Gasteiger partial charge in [-0.2, -0.15) is 0 Å². The van der Waals surface area contributed by atoms with Crippen LogP contribution in [0.3, 0.4) is 0 Å². The van der Waals surface area contributed by atoms with Crippen LogP contribution in [0.2, 0.25) is 0 Å². The van der Waals surface area contributed by atoms with Gasteiger partial charge in [-0.05, 0) is 68.7 Å². The molecule has 0 unspecified atom stereocenters.